The van der Waals surface area contributed by atoms with E-state index in [0.717, 1.165) is 39.4 Å². The van der Waals surface area contributed by atoms with Crippen LogP contribution in [0.3, 0.4) is 0 Å². The lowest BCUT2D eigenvalue weighted by molar-refractivity contribution is -0.117. The summed E-state index contributed by atoms with van der Waals surface area (Å²) in [5.74, 6) is 2.03. The summed E-state index contributed by atoms with van der Waals surface area (Å²) in [6.07, 6.45) is 0.467. The number of hydrogen-bond acceptors (Lipinski definition) is 3. The molecule has 0 N–H and O–H groups in total. The summed E-state index contributed by atoms with van der Waals surface area (Å²) in [5.41, 5.74) is 7.81. The van der Waals surface area contributed by atoms with Crippen molar-refractivity contribution in [3.8, 4) is 5.75 Å². The van der Waals surface area contributed by atoms with Crippen LogP contribution in [0.2, 0.25) is 0 Å². The zero-order valence-electron chi connectivity index (χ0n) is 20.3. The molecule has 1 saturated heterocycles. The van der Waals surface area contributed by atoms with Crippen molar-refractivity contribution in [2.45, 2.75) is 46.6 Å². The van der Waals surface area contributed by atoms with Gasteiger partial charge in [0.05, 0.1) is 17.6 Å². The molecule has 3 aromatic carbocycles. The van der Waals surface area contributed by atoms with Gasteiger partial charge >= 0.3 is 0 Å². The molecule has 1 aliphatic rings. The summed E-state index contributed by atoms with van der Waals surface area (Å²) in [5, 5.41) is 0. The minimum Gasteiger partial charge on any atom is -0.492 e. The summed E-state index contributed by atoms with van der Waals surface area (Å²) in [7, 11) is 0. The molecule has 1 aromatic heterocycles. The largest absolute Gasteiger partial charge is 0.492 e. The third-order valence-corrected chi connectivity index (χ3v) is 6.68. The topological polar surface area (TPSA) is 47.4 Å². The van der Waals surface area contributed by atoms with E-state index < -0.39 is 0 Å². The highest BCUT2D eigenvalue weighted by Crippen LogP contribution is 2.36. The molecule has 0 radical (unpaired) electrons. The Morgan fingerprint density at radius 3 is 2.38 bits per heavy atom. The van der Waals surface area contributed by atoms with Crippen LogP contribution in [0.15, 0.2) is 60.7 Å². The van der Waals surface area contributed by atoms with E-state index in [1.165, 1.54) is 11.1 Å². The first-order valence-electron chi connectivity index (χ1n) is 11.9. The standard InChI is InChI=1S/C29H31N3O2/c1-19-9-11-24(12-10-19)34-14-13-31-26-8-6-5-7-25(26)30-29(31)23-17-27(33)32(18-23)28-21(3)15-20(2)16-22(28)4/h5-12,15-16,23H,13-14,17-18H2,1-4H3/t23-/m1/s1. The number of anilines is 1. The molecule has 0 unspecified atom stereocenters. The van der Waals surface area contributed by atoms with E-state index in [-0.39, 0.29) is 11.8 Å². The summed E-state index contributed by atoms with van der Waals surface area (Å²) in [4.78, 5) is 20.1. The van der Waals surface area contributed by atoms with Gasteiger partial charge in [0.2, 0.25) is 5.91 Å². The molecule has 0 spiro atoms. The Labute approximate surface area is 201 Å². The lowest BCUT2D eigenvalue weighted by atomic mass is 10.0. The van der Waals surface area contributed by atoms with E-state index in [2.05, 4.69) is 62.6 Å². The van der Waals surface area contributed by atoms with Gasteiger partial charge in [-0.3, -0.25) is 4.79 Å². The van der Waals surface area contributed by atoms with Crippen molar-refractivity contribution in [1.82, 2.24) is 9.55 Å². The quantitative estimate of drug-likeness (QED) is 0.367. The SMILES string of the molecule is Cc1ccc(OCCn2c([C@@H]3CC(=O)N(c4c(C)cc(C)cc4C)C3)nc3ccccc32)cc1. The van der Waals surface area contributed by atoms with Gasteiger partial charge < -0.3 is 14.2 Å². The van der Waals surface area contributed by atoms with E-state index in [9.17, 15) is 4.79 Å². The zero-order valence-corrected chi connectivity index (χ0v) is 20.3. The van der Waals surface area contributed by atoms with E-state index in [4.69, 9.17) is 9.72 Å². The zero-order chi connectivity index (χ0) is 23.8. The average molecular weight is 454 g/mol. The number of aryl methyl sites for hydroxylation is 4. The van der Waals surface area contributed by atoms with Crippen molar-refractivity contribution in [1.29, 1.82) is 0 Å². The number of nitrogens with zero attached hydrogens (tertiary/aromatic N) is 3. The van der Waals surface area contributed by atoms with Crippen molar-refractivity contribution in [3.05, 3.63) is 88.7 Å². The van der Waals surface area contributed by atoms with Crippen molar-refractivity contribution in [2.24, 2.45) is 0 Å². The van der Waals surface area contributed by atoms with E-state index in [1.54, 1.807) is 0 Å². The molecule has 1 aliphatic heterocycles. The lowest BCUT2D eigenvalue weighted by Crippen LogP contribution is -2.26. The van der Waals surface area contributed by atoms with Crippen LogP contribution in [0.4, 0.5) is 5.69 Å². The molecular formula is C29H31N3O2. The Balaban J connectivity index is 1.42. The second kappa shape index (κ2) is 8.98. The number of para-hydroxylation sites is 2. The first-order valence-corrected chi connectivity index (χ1v) is 11.9. The van der Waals surface area contributed by atoms with Gasteiger partial charge in [-0.25, -0.2) is 4.98 Å². The van der Waals surface area contributed by atoms with Crippen LogP contribution in [0.1, 0.15) is 40.4 Å². The summed E-state index contributed by atoms with van der Waals surface area (Å²) in [6, 6.07) is 20.6. The van der Waals surface area contributed by atoms with Crippen molar-refractivity contribution in [2.75, 3.05) is 18.1 Å². The number of amides is 1. The lowest BCUT2D eigenvalue weighted by Gasteiger charge is -2.22. The maximum absolute atomic E-state index is 13.2. The second-order valence-corrected chi connectivity index (χ2v) is 9.42. The van der Waals surface area contributed by atoms with Gasteiger partial charge in [0.25, 0.3) is 0 Å². The fourth-order valence-corrected chi connectivity index (χ4v) is 5.22. The number of hydrogen-bond donors (Lipinski definition) is 0. The Kier molecular flexibility index (Phi) is 5.86. The highest BCUT2D eigenvalue weighted by Gasteiger charge is 2.36. The van der Waals surface area contributed by atoms with Crippen LogP contribution in [-0.2, 0) is 11.3 Å². The molecule has 174 valence electrons. The van der Waals surface area contributed by atoms with Gasteiger partial charge in [-0.05, 0) is 63.1 Å². The number of benzene rings is 3. The van der Waals surface area contributed by atoms with E-state index >= 15 is 0 Å². The molecule has 0 saturated carbocycles. The van der Waals surface area contributed by atoms with Crippen molar-refractivity contribution >= 4 is 22.6 Å². The maximum Gasteiger partial charge on any atom is 0.227 e. The minimum atomic E-state index is 0.0411. The minimum absolute atomic E-state index is 0.0411. The van der Waals surface area contributed by atoms with Crippen LogP contribution < -0.4 is 9.64 Å². The van der Waals surface area contributed by atoms with Gasteiger partial charge in [-0.2, -0.15) is 0 Å². The first kappa shape index (κ1) is 22.2. The molecule has 1 amide bonds. The van der Waals surface area contributed by atoms with Gasteiger partial charge in [0, 0.05) is 24.6 Å². The number of ether oxygens (including phenoxy) is 1. The molecule has 2 heterocycles. The van der Waals surface area contributed by atoms with E-state index in [1.807, 2.05) is 35.2 Å². The third-order valence-electron chi connectivity index (χ3n) is 6.68. The van der Waals surface area contributed by atoms with Crippen LogP contribution in [0, 0.1) is 27.7 Å². The highest BCUT2D eigenvalue weighted by molar-refractivity contribution is 5.98. The molecule has 0 bridgehead atoms. The number of rotatable bonds is 6. The Morgan fingerprint density at radius 1 is 0.941 bits per heavy atom. The van der Waals surface area contributed by atoms with Gasteiger partial charge in [0.1, 0.15) is 18.2 Å². The molecule has 1 atom stereocenters. The number of carbonyl (C=O) groups is 1. The van der Waals surface area contributed by atoms with E-state index in [0.29, 0.717) is 26.1 Å². The molecule has 5 heteroatoms. The maximum atomic E-state index is 13.2. The summed E-state index contributed by atoms with van der Waals surface area (Å²) < 4.78 is 8.27. The molecular weight excluding hydrogens is 422 g/mol. The van der Waals surface area contributed by atoms with Gasteiger partial charge in [-0.15, -0.1) is 0 Å². The van der Waals surface area contributed by atoms with Crippen molar-refractivity contribution in [3.63, 3.8) is 0 Å². The Morgan fingerprint density at radius 2 is 1.65 bits per heavy atom. The number of imidazole rings is 1. The van der Waals surface area contributed by atoms with Crippen LogP contribution in [0.25, 0.3) is 11.0 Å². The summed E-state index contributed by atoms with van der Waals surface area (Å²) >= 11 is 0. The molecule has 1 fully saturated rings. The second-order valence-electron chi connectivity index (χ2n) is 9.42. The van der Waals surface area contributed by atoms with Gasteiger partial charge in [0.15, 0.2) is 0 Å². The normalized spacial score (nSPS) is 15.9. The Hall–Kier alpha value is -3.60. The highest BCUT2D eigenvalue weighted by atomic mass is 16.5. The smallest absolute Gasteiger partial charge is 0.227 e. The molecule has 4 aromatic rings. The fourth-order valence-electron chi connectivity index (χ4n) is 5.22. The van der Waals surface area contributed by atoms with Crippen molar-refractivity contribution < 1.29 is 9.53 Å². The third kappa shape index (κ3) is 4.18. The molecule has 34 heavy (non-hydrogen) atoms. The van der Waals surface area contributed by atoms with Gasteiger partial charge in [-0.1, -0.05) is 47.5 Å². The summed E-state index contributed by atoms with van der Waals surface area (Å²) in [6.45, 7) is 10.2. The number of aromatic nitrogens is 2. The number of carbonyl (C=O) groups excluding carboxylic acids is 1. The monoisotopic (exact) mass is 453 g/mol. The van der Waals surface area contributed by atoms with Crippen LogP contribution in [0.5, 0.6) is 5.75 Å². The van der Waals surface area contributed by atoms with Crippen LogP contribution >= 0.6 is 0 Å². The average Bonchev–Trinajstić information content (AvgIpc) is 3.35. The predicted octanol–water partition coefficient (Wildman–Crippen LogP) is 5.87. The Bertz CT molecular complexity index is 1330. The fraction of sp³-hybridized carbons (Fsp3) is 0.310. The predicted molar refractivity (Wildman–Crippen MR) is 137 cm³/mol. The number of fused-ring (bicyclic) bond motifs is 1. The first-order chi connectivity index (χ1) is 16.4. The van der Waals surface area contributed by atoms with Crippen LogP contribution in [-0.4, -0.2) is 28.6 Å². The molecule has 5 nitrogen and oxygen atoms in total. The molecule has 0 aliphatic carbocycles. The molecule has 5 rings (SSSR count).